The minimum absolute atomic E-state index is 0.0169. The lowest BCUT2D eigenvalue weighted by molar-refractivity contribution is -0.119. The number of carbonyl (C=O) groups excluding carboxylic acids is 2. The van der Waals surface area contributed by atoms with Crippen molar-refractivity contribution in [1.29, 1.82) is 0 Å². The predicted octanol–water partition coefficient (Wildman–Crippen LogP) is 6.76. The molecule has 0 saturated heterocycles. The number of carbonyl (C=O) groups is 2. The summed E-state index contributed by atoms with van der Waals surface area (Å²) in [7, 11) is 2.84. The Kier molecular flexibility index (Phi) is 6.28. The fourth-order valence-electron chi connectivity index (χ4n) is 5.87. The largest absolute Gasteiger partial charge is 0.497 e. The lowest BCUT2D eigenvalue weighted by atomic mass is 9.86. The van der Waals surface area contributed by atoms with Gasteiger partial charge in [0.05, 0.1) is 31.2 Å². The minimum Gasteiger partial charge on any atom is -0.497 e. The number of hydrogen-bond donors (Lipinski definition) is 1. The topological polar surface area (TPSA) is 85.7 Å². The van der Waals surface area contributed by atoms with Crippen LogP contribution in [0.3, 0.4) is 0 Å². The Morgan fingerprint density at radius 3 is 2.39 bits per heavy atom. The molecule has 3 heterocycles. The van der Waals surface area contributed by atoms with Crippen LogP contribution in [0.25, 0.3) is 11.4 Å². The lowest BCUT2D eigenvalue weighted by Gasteiger charge is -2.36. The molecule has 1 N–H and O–H groups in total. The van der Waals surface area contributed by atoms with Gasteiger partial charge in [0.1, 0.15) is 23.1 Å². The summed E-state index contributed by atoms with van der Waals surface area (Å²) < 4.78 is 28.2. The second-order valence-corrected chi connectivity index (χ2v) is 11.1. The molecule has 41 heavy (non-hydrogen) atoms. The zero-order valence-corrected chi connectivity index (χ0v) is 24.3. The van der Waals surface area contributed by atoms with E-state index in [-0.39, 0.29) is 34.6 Å². The monoisotopic (exact) mass is 594 g/mol. The zero-order chi connectivity index (χ0) is 29.4. The molecule has 2 aliphatic rings. The van der Waals surface area contributed by atoms with Gasteiger partial charge in [-0.25, -0.2) is 9.37 Å². The van der Waals surface area contributed by atoms with Gasteiger partial charge in [-0.2, -0.15) is 0 Å². The third-order valence-corrected chi connectivity index (χ3v) is 8.05. The minimum atomic E-state index is -1.69. The number of ether oxygens (including phenoxy) is 2. The average molecular weight is 595 g/mol. The first-order chi connectivity index (χ1) is 19.5. The Labute approximate surface area is 245 Å². The van der Waals surface area contributed by atoms with Crippen LogP contribution in [-0.4, -0.2) is 35.6 Å². The van der Waals surface area contributed by atoms with Gasteiger partial charge in [0.15, 0.2) is 11.2 Å². The molecule has 0 saturated carbocycles. The van der Waals surface area contributed by atoms with Gasteiger partial charge in [0, 0.05) is 39.5 Å². The molecule has 0 fully saturated rings. The molecule has 2 aliphatic heterocycles. The predicted molar refractivity (Wildman–Crippen MR) is 155 cm³/mol. The fraction of sp³-hybridized carbons (Fsp3) is 0.233. The summed E-state index contributed by atoms with van der Waals surface area (Å²) in [6.45, 7) is 5.58. The molecular formula is C30H25Cl2FN4O4. The Morgan fingerprint density at radius 1 is 1.00 bits per heavy atom. The number of halogens is 3. The Bertz CT molecular complexity index is 1790. The molecule has 0 radical (unpaired) electrons. The van der Waals surface area contributed by atoms with Crippen LogP contribution in [-0.2, 0) is 10.3 Å². The quantitative estimate of drug-likeness (QED) is 0.276. The molecule has 0 aliphatic carbocycles. The number of methoxy groups -OCH3 is 2. The summed E-state index contributed by atoms with van der Waals surface area (Å²) >= 11 is 12.7. The van der Waals surface area contributed by atoms with Crippen LogP contribution >= 0.6 is 23.2 Å². The number of aromatic nitrogens is 2. The van der Waals surface area contributed by atoms with E-state index < -0.39 is 23.2 Å². The van der Waals surface area contributed by atoms with Crippen molar-refractivity contribution in [2.45, 2.75) is 32.4 Å². The molecule has 1 spiro atoms. The van der Waals surface area contributed by atoms with E-state index in [2.05, 4.69) is 5.32 Å². The van der Waals surface area contributed by atoms with Crippen LogP contribution in [0.2, 0.25) is 10.0 Å². The van der Waals surface area contributed by atoms with Crippen LogP contribution in [0, 0.1) is 12.7 Å². The van der Waals surface area contributed by atoms with E-state index in [1.54, 1.807) is 47.0 Å². The van der Waals surface area contributed by atoms with Crippen molar-refractivity contribution >= 4 is 46.4 Å². The Morgan fingerprint density at radius 2 is 1.71 bits per heavy atom. The maximum Gasteiger partial charge on any atom is 0.280 e. The SMILES string of the molecule is COc1cc(F)c(-c2nc3c(n2C(C)C)[C@@]2(C(=O)Nc4cc(Cl)ccc42)N(c2cc(Cl)ccc2C)C3=O)c(OC)c1. The number of imidazole rings is 1. The van der Waals surface area contributed by atoms with Gasteiger partial charge in [-0.1, -0.05) is 35.3 Å². The molecule has 1 atom stereocenters. The Hall–Kier alpha value is -4.08. The van der Waals surface area contributed by atoms with Gasteiger partial charge in [-0.3, -0.25) is 14.5 Å². The van der Waals surface area contributed by atoms with E-state index in [9.17, 15) is 9.59 Å². The maximum absolute atomic E-state index is 15.7. The highest BCUT2D eigenvalue weighted by molar-refractivity contribution is 6.32. The third-order valence-electron chi connectivity index (χ3n) is 7.58. The van der Waals surface area contributed by atoms with Crippen molar-refractivity contribution in [3.8, 4) is 22.9 Å². The van der Waals surface area contributed by atoms with Crippen molar-refractivity contribution in [2.24, 2.45) is 0 Å². The smallest absolute Gasteiger partial charge is 0.280 e. The normalized spacial score (nSPS) is 17.3. The second-order valence-electron chi connectivity index (χ2n) is 10.2. The van der Waals surface area contributed by atoms with E-state index in [4.69, 9.17) is 37.7 Å². The van der Waals surface area contributed by atoms with E-state index in [0.717, 1.165) is 5.56 Å². The van der Waals surface area contributed by atoms with Crippen molar-refractivity contribution < 1.29 is 23.5 Å². The number of fused-ring (bicyclic) bond motifs is 4. The molecule has 2 amide bonds. The number of hydrogen-bond acceptors (Lipinski definition) is 5. The third kappa shape index (κ3) is 3.68. The number of benzene rings is 3. The fourth-order valence-corrected chi connectivity index (χ4v) is 6.20. The molecule has 11 heteroatoms. The lowest BCUT2D eigenvalue weighted by Crippen LogP contribution is -2.51. The van der Waals surface area contributed by atoms with Crippen molar-refractivity contribution in [2.75, 3.05) is 24.4 Å². The second kappa shape index (κ2) is 9.49. The number of nitrogens with one attached hydrogen (secondary N) is 1. The van der Waals surface area contributed by atoms with Gasteiger partial charge in [0.25, 0.3) is 11.8 Å². The molecular weight excluding hydrogens is 570 g/mol. The highest BCUT2D eigenvalue weighted by Gasteiger charge is 2.64. The summed E-state index contributed by atoms with van der Waals surface area (Å²) in [5.74, 6) is -1.09. The summed E-state index contributed by atoms with van der Waals surface area (Å²) in [5.41, 5.74) is 0.816. The van der Waals surface area contributed by atoms with E-state index >= 15 is 4.39 Å². The summed E-state index contributed by atoms with van der Waals surface area (Å²) in [6, 6.07) is 12.6. The molecule has 3 aromatic carbocycles. The first kappa shape index (κ1) is 27.1. The van der Waals surface area contributed by atoms with Crippen LogP contribution in [0.5, 0.6) is 11.5 Å². The van der Waals surface area contributed by atoms with Gasteiger partial charge < -0.3 is 19.4 Å². The van der Waals surface area contributed by atoms with Crippen LogP contribution < -0.4 is 19.7 Å². The first-order valence-corrected chi connectivity index (χ1v) is 13.6. The van der Waals surface area contributed by atoms with Crippen LogP contribution in [0.15, 0.2) is 48.5 Å². The van der Waals surface area contributed by atoms with E-state index in [1.165, 1.54) is 25.2 Å². The summed E-state index contributed by atoms with van der Waals surface area (Å²) in [6.07, 6.45) is 0. The van der Waals surface area contributed by atoms with Crippen LogP contribution in [0.4, 0.5) is 15.8 Å². The Balaban J connectivity index is 1.75. The van der Waals surface area contributed by atoms with Crippen molar-refractivity contribution in [1.82, 2.24) is 9.55 Å². The molecule has 6 rings (SSSR count). The number of amides is 2. The maximum atomic E-state index is 15.7. The number of aryl methyl sites for hydroxylation is 1. The number of anilines is 2. The highest BCUT2D eigenvalue weighted by Crippen LogP contribution is 2.55. The molecule has 0 bridgehead atoms. The van der Waals surface area contributed by atoms with Crippen LogP contribution in [0.1, 0.15) is 47.2 Å². The molecule has 0 unspecified atom stereocenters. The zero-order valence-electron chi connectivity index (χ0n) is 22.8. The van der Waals surface area contributed by atoms with E-state index in [1.807, 2.05) is 20.8 Å². The number of nitrogens with zero attached hydrogens (tertiary/aromatic N) is 3. The van der Waals surface area contributed by atoms with E-state index in [0.29, 0.717) is 32.7 Å². The van der Waals surface area contributed by atoms with Gasteiger partial charge >= 0.3 is 0 Å². The summed E-state index contributed by atoms with van der Waals surface area (Å²) in [4.78, 5) is 34.9. The molecule has 210 valence electrons. The number of rotatable bonds is 5. The first-order valence-electron chi connectivity index (χ1n) is 12.8. The standard InChI is InChI=1S/C30H25Cl2FN4O4/c1-14(2)36-26-25(35-27(36)24-20(33)12-18(40-4)13-23(24)41-5)28(38)37(22-11-17(32)7-6-15(22)3)30(26)19-9-8-16(31)10-21(19)34-29(30)39/h6-14H,1-5H3,(H,34,39)/t30-/m0/s1. The van der Waals surface area contributed by atoms with Crippen molar-refractivity contribution in [3.63, 3.8) is 0 Å². The van der Waals surface area contributed by atoms with Gasteiger partial charge in [0.2, 0.25) is 0 Å². The van der Waals surface area contributed by atoms with Gasteiger partial charge in [-0.15, -0.1) is 0 Å². The molecule has 8 nitrogen and oxygen atoms in total. The van der Waals surface area contributed by atoms with Gasteiger partial charge in [-0.05, 0) is 50.6 Å². The summed E-state index contributed by atoms with van der Waals surface area (Å²) in [5, 5.41) is 3.73. The molecule has 1 aromatic heterocycles. The molecule has 4 aromatic rings. The highest BCUT2D eigenvalue weighted by atomic mass is 35.5. The van der Waals surface area contributed by atoms with Crippen molar-refractivity contribution in [3.05, 3.63) is 86.9 Å². The average Bonchev–Trinajstić information content (AvgIpc) is 3.53.